The number of carbonyl (C=O) groups is 3. The second-order valence-corrected chi connectivity index (χ2v) is 10.2. The fourth-order valence-corrected chi connectivity index (χ4v) is 6.61. The van der Waals surface area contributed by atoms with Crippen molar-refractivity contribution in [1.82, 2.24) is 30.0 Å². The number of oxime groups is 1. The summed E-state index contributed by atoms with van der Waals surface area (Å²) in [6, 6.07) is -1.05. The van der Waals surface area contributed by atoms with Crippen molar-refractivity contribution in [3.8, 4) is 0 Å². The van der Waals surface area contributed by atoms with Gasteiger partial charge in [-0.25, -0.2) is 14.9 Å². The van der Waals surface area contributed by atoms with E-state index in [4.69, 9.17) is 5.73 Å². The maximum Gasteiger partial charge on any atom is 0.352 e. The maximum atomic E-state index is 12.9. The van der Waals surface area contributed by atoms with Gasteiger partial charge in [0.1, 0.15) is 22.8 Å². The topological polar surface area (TPSA) is 226 Å². The van der Waals surface area contributed by atoms with Gasteiger partial charge < -0.3 is 21.4 Å². The average molecular weight is 555 g/mol. The van der Waals surface area contributed by atoms with Crippen molar-refractivity contribution >= 4 is 63.5 Å². The van der Waals surface area contributed by atoms with Gasteiger partial charge in [0.2, 0.25) is 0 Å². The van der Waals surface area contributed by atoms with E-state index in [1.54, 1.807) is 6.92 Å². The average Bonchev–Trinajstić information content (AvgIpc) is 3.28. The number of aromatic amines is 1. The number of β-lactam (4-membered cyclic amide) rings is 1. The molecule has 1 saturated heterocycles. The third-order valence-electron chi connectivity index (χ3n) is 5.23. The molecule has 0 spiro atoms. The SMILES string of the molecule is CCn1c(SCC2=C(C(=O)O)N3C(=O)C(NC(=O)/C(=N/O)c4csc(N)n4)C3SC2)n[nH]c(=O)c1=O. The van der Waals surface area contributed by atoms with Gasteiger partial charge in [-0.2, -0.15) is 0 Å². The lowest BCUT2D eigenvalue weighted by molar-refractivity contribution is -0.150. The number of nitrogens with zero attached hydrogens (tertiary/aromatic N) is 5. The van der Waals surface area contributed by atoms with Gasteiger partial charge in [0.15, 0.2) is 16.0 Å². The molecule has 4 heterocycles. The lowest BCUT2D eigenvalue weighted by Gasteiger charge is -2.49. The van der Waals surface area contributed by atoms with Gasteiger partial charge in [-0.15, -0.1) is 28.2 Å². The summed E-state index contributed by atoms with van der Waals surface area (Å²) in [6.45, 7) is 1.86. The number of nitrogen functional groups attached to an aromatic ring is 1. The highest BCUT2D eigenvalue weighted by molar-refractivity contribution is 8.01. The second-order valence-electron chi connectivity index (χ2n) is 7.31. The molecule has 4 rings (SSSR count). The van der Waals surface area contributed by atoms with Crippen LogP contribution in [0.1, 0.15) is 12.6 Å². The summed E-state index contributed by atoms with van der Waals surface area (Å²) in [7, 11) is 0. The molecule has 2 aliphatic rings. The van der Waals surface area contributed by atoms with Crippen LogP contribution in [0, 0.1) is 0 Å². The number of H-pyrrole nitrogens is 1. The first-order chi connectivity index (χ1) is 17.2. The second kappa shape index (κ2) is 10.2. The number of thiazole rings is 1. The van der Waals surface area contributed by atoms with Crippen LogP contribution in [0.25, 0.3) is 0 Å². The smallest absolute Gasteiger partial charge is 0.352 e. The highest BCUT2D eigenvalue weighted by atomic mass is 32.2. The molecule has 2 unspecified atom stereocenters. The van der Waals surface area contributed by atoms with Gasteiger partial charge in [-0.3, -0.25) is 28.6 Å². The number of carboxylic acid groups (broad SMARTS) is 1. The number of aromatic nitrogens is 4. The number of hydrogen-bond acceptors (Lipinski definition) is 13. The standard InChI is InChI=1S/C18H18N8O7S3/c1-2-25-14(30)12(28)22-23-18(25)36-4-6-3-34-15-9(13(29)26(15)10(6)16(31)32)21-11(27)8(24-33)7-5-35-17(19)20-7/h5,9,15,33H,2-4H2,1H3,(H2,19,20)(H,21,27)(H,22,28)(H,31,32)/b24-8+. The van der Waals surface area contributed by atoms with Crippen molar-refractivity contribution in [2.45, 2.75) is 30.0 Å². The molecule has 2 aliphatic heterocycles. The molecule has 6 N–H and O–H groups in total. The summed E-state index contributed by atoms with van der Waals surface area (Å²) in [5, 5.41) is 31.5. The summed E-state index contributed by atoms with van der Waals surface area (Å²) in [5.41, 5.74) is 3.69. The summed E-state index contributed by atoms with van der Waals surface area (Å²) in [6.07, 6.45) is 0. The fourth-order valence-electron chi connectivity index (χ4n) is 3.57. The highest BCUT2D eigenvalue weighted by Gasteiger charge is 2.54. The Morgan fingerprint density at radius 2 is 2.14 bits per heavy atom. The van der Waals surface area contributed by atoms with E-state index in [-0.39, 0.29) is 39.7 Å². The van der Waals surface area contributed by atoms with E-state index in [2.05, 4.69) is 25.7 Å². The fraction of sp³-hybridized carbons (Fsp3) is 0.333. The molecule has 0 aliphatic carbocycles. The Hall–Kier alpha value is -3.64. The number of anilines is 1. The summed E-state index contributed by atoms with van der Waals surface area (Å²) < 4.78 is 1.17. The van der Waals surface area contributed by atoms with E-state index in [1.807, 2.05) is 0 Å². The summed E-state index contributed by atoms with van der Waals surface area (Å²) in [4.78, 5) is 66.0. The third kappa shape index (κ3) is 4.49. The summed E-state index contributed by atoms with van der Waals surface area (Å²) in [5.74, 6) is -2.54. The van der Waals surface area contributed by atoms with Crippen molar-refractivity contribution in [3.63, 3.8) is 0 Å². The number of nitrogens with two attached hydrogens (primary N) is 1. The molecule has 2 aromatic heterocycles. The Balaban J connectivity index is 1.51. The van der Waals surface area contributed by atoms with Crippen LogP contribution in [0.4, 0.5) is 5.13 Å². The van der Waals surface area contributed by atoms with Crippen molar-refractivity contribution in [1.29, 1.82) is 0 Å². The molecule has 0 saturated carbocycles. The Kier molecular flexibility index (Phi) is 7.18. The molecule has 2 atom stereocenters. The Labute approximate surface area is 213 Å². The van der Waals surface area contributed by atoms with Crippen LogP contribution in [0.3, 0.4) is 0 Å². The number of thioether (sulfide) groups is 2. The number of rotatable bonds is 8. The predicted molar refractivity (Wildman–Crippen MR) is 130 cm³/mol. The van der Waals surface area contributed by atoms with E-state index in [1.165, 1.54) is 21.7 Å². The summed E-state index contributed by atoms with van der Waals surface area (Å²) >= 11 is 3.32. The molecule has 0 bridgehead atoms. The van der Waals surface area contributed by atoms with Crippen molar-refractivity contribution in [2.75, 3.05) is 17.2 Å². The first kappa shape index (κ1) is 25.5. The number of nitrogens with one attached hydrogen (secondary N) is 2. The van der Waals surface area contributed by atoms with Gasteiger partial charge in [-0.05, 0) is 12.5 Å². The third-order valence-corrected chi connectivity index (χ3v) is 8.31. The van der Waals surface area contributed by atoms with Gasteiger partial charge in [-0.1, -0.05) is 16.9 Å². The zero-order chi connectivity index (χ0) is 26.1. The molecule has 190 valence electrons. The minimum atomic E-state index is -1.33. The van der Waals surface area contributed by atoms with Crippen molar-refractivity contribution < 1.29 is 24.7 Å². The van der Waals surface area contributed by atoms with E-state index < -0.39 is 46.0 Å². The van der Waals surface area contributed by atoms with Gasteiger partial charge in [0.05, 0.1) is 0 Å². The van der Waals surface area contributed by atoms with Crippen molar-refractivity contribution in [3.05, 3.63) is 43.1 Å². The van der Waals surface area contributed by atoms with Gasteiger partial charge >= 0.3 is 17.1 Å². The predicted octanol–water partition coefficient (Wildman–Crippen LogP) is -1.30. The Morgan fingerprint density at radius 1 is 1.39 bits per heavy atom. The molecule has 18 heteroatoms. The van der Waals surface area contributed by atoms with Crippen LogP contribution >= 0.6 is 34.9 Å². The van der Waals surface area contributed by atoms with E-state index in [9.17, 15) is 34.3 Å². The van der Waals surface area contributed by atoms with Crippen LogP contribution in [0.5, 0.6) is 0 Å². The highest BCUT2D eigenvalue weighted by Crippen LogP contribution is 2.41. The quantitative estimate of drug-likeness (QED) is 0.0641. The Bertz CT molecular complexity index is 1430. The van der Waals surface area contributed by atoms with Crippen LogP contribution in [-0.4, -0.2) is 81.4 Å². The minimum Gasteiger partial charge on any atom is -0.477 e. The molecule has 36 heavy (non-hydrogen) atoms. The van der Waals surface area contributed by atoms with Gasteiger partial charge in [0, 0.05) is 23.4 Å². The minimum absolute atomic E-state index is 0.0317. The number of fused-ring (bicyclic) bond motifs is 1. The van der Waals surface area contributed by atoms with Crippen LogP contribution in [-0.2, 0) is 20.9 Å². The van der Waals surface area contributed by atoms with Crippen molar-refractivity contribution in [2.24, 2.45) is 5.16 Å². The molecule has 2 amide bonds. The zero-order valence-electron chi connectivity index (χ0n) is 18.3. The monoisotopic (exact) mass is 554 g/mol. The van der Waals surface area contributed by atoms with Crippen LogP contribution in [0.15, 0.2) is 36.6 Å². The normalized spacial score (nSPS) is 19.6. The molecule has 1 fully saturated rings. The maximum absolute atomic E-state index is 12.9. The first-order valence-electron chi connectivity index (χ1n) is 10.1. The Morgan fingerprint density at radius 3 is 2.75 bits per heavy atom. The van der Waals surface area contributed by atoms with E-state index in [0.717, 1.165) is 28.0 Å². The van der Waals surface area contributed by atoms with E-state index >= 15 is 0 Å². The number of amides is 2. The molecule has 0 aromatic carbocycles. The van der Waals surface area contributed by atoms with Crippen LogP contribution < -0.4 is 22.2 Å². The van der Waals surface area contributed by atoms with Crippen LogP contribution in [0.2, 0.25) is 0 Å². The zero-order valence-corrected chi connectivity index (χ0v) is 20.8. The lowest BCUT2D eigenvalue weighted by Crippen LogP contribution is -2.71. The largest absolute Gasteiger partial charge is 0.477 e. The van der Waals surface area contributed by atoms with Gasteiger partial charge in [0.25, 0.3) is 11.8 Å². The molecule has 15 nitrogen and oxygen atoms in total. The molecule has 2 aromatic rings. The number of hydrogen-bond donors (Lipinski definition) is 5. The molecule has 0 radical (unpaired) electrons. The number of aliphatic carboxylic acids is 1. The lowest BCUT2D eigenvalue weighted by atomic mass is 10.0. The number of carboxylic acids is 1. The molecular weight excluding hydrogens is 536 g/mol. The molecular formula is C18H18N8O7S3. The first-order valence-corrected chi connectivity index (χ1v) is 13.1. The van der Waals surface area contributed by atoms with E-state index in [0.29, 0.717) is 5.57 Å². The number of carbonyl (C=O) groups excluding carboxylic acids is 2.